The fourth-order valence-electron chi connectivity index (χ4n) is 3.65. The molecule has 0 aliphatic heterocycles. The zero-order valence-corrected chi connectivity index (χ0v) is 17.6. The normalized spacial score (nSPS) is 19.4. The summed E-state index contributed by atoms with van der Waals surface area (Å²) in [5.41, 5.74) is 10.1. The van der Waals surface area contributed by atoms with E-state index in [1.807, 2.05) is 0 Å². The summed E-state index contributed by atoms with van der Waals surface area (Å²) in [6.07, 6.45) is 7.80. The second-order valence-corrected chi connectivity index (χ2v) is 8.16. The summed E-state index contributed by atoms with van der Waals surface area (Å²) in [5, 5.41) is 12.5. The Hall–Kier alpha value is -2.33. The van der Waals surface area contributed by atoms with E-state index in [0.717, 1.165) is 44.9 Å². The number of carbonyl (C=O) groups is 2. The molecule has 168 valence electrons. The molecule has 2 aliphatic rings. The van der Waals surface area contributed by atoms with Gasteiger partial charge in [-0.25, -0.2) is 9.45 Å². The molecule has 0 radical (unpaired) electrons. The van der Waals surface area contributed by atoms with E-state index in [1.54, 1.807) is 0 Å². The maximum Gasteiger partial charge on any atom is 0.243 e. The number of allylic oxidation sites excluding steroid dienone is 1. The smallest absolute Gasteiger partial charge is 0.243 e. The molecule has 6 N–H and O–H groups in total. The molecule has 2 fully saturated rings. The van der Waals surface area contributed by atoms with E-state index in [0.29, 0.717) is 17.4 Å². The van der Waals surface area contributed by atoms with Crippen LogP contribution in [0.5, 0.6) is 0 Å². The highest BCUT2D eigenvalue weighted by Crippen LogP contribution is 2.30. The number of amides is 2. The van der Waals surface area contributed by atoms with E-state index in [9.17, 15) is 19.2 Å². The highest BCUT2D eigenvalue weighted by Gasteiger charge is 2.27. The molecular weight excluding hydrogens is 415 g/mol. The third-order valence-corrected chi connectivity index (χ3v) is 5.56. The van der Waals surface area contributed by atoms with E-state index >= 15 is 0 Å². The minimum absolute atomic E-state index is 0.00288. The first-order valence-corrected chi connectivity index (χ1v) is 10.5. The molecule has 0 spiro atoms. The monoisotopic (exact) mass is 444 g/mol. The molecule has 30 heavy (non-hydrogen) atoms. The van der Waals surface area contributed by atoms with Crippen molar-refractivity contribution in [3.05, 3.63) is 23.9 Å². The summed E-state index contributed by atoms with van der Waals surface area (Å²) in [7, 11) is 0. The van der Waals surface area contributed by atoms with Gasteiger partial charge in [0.25, 0.3) is 0 Å². The lowest BCUT2D eigenvalue weighted by Gasteiger charge is -2.28. The van der Waals surface area contributed by atoms with Crippen LogP contribution in [-0.2, 0) is 9.59 Å². The molecule has 2 aliphatic carbocycles. The minimum Gasteiger partial charge on any atom is -0.380 e. The summed E-state index contributed by atoms with van der Waals surface area (Å²) in [4.78, 5) is 27.1. The number of carbonyl (C=O) groups excluding carboxylic acids is 2. The number of hydroxylamine groups is 2. The predicted octanol–water partition coefficient (Wildman–Crippen LogP) is 2.00. The van der Waals surface area contributed by atoms with Gasteiger partial charge in [-0.2, -0.15) is 4.99 Å². The lowest BCUT2D eigenvalue weighted by molar-refractivity contribution is -0.155. The number of nitrogens with zero attached hydrogens (tertiary/aromatic N) is 2. The number of nitrogens with two attached hydrogens (primary N) is 1. The van der Waals surface area contributed by atoms with Crippen LogP contribution in [0.25, 0.3) is 0 Å². The van der Waals surface area contributed by atoms with E-state index in [-0.39, 0.29) is 24.7 Å². The average Bonchev–Trinajstić information content (AvgIpc) is 3.19. The topological polar surface area (TPSA) is 132 Å². The Labute approximate surface area is 180 Å². The summed E-state index contributed by atoms with van der Waals surface area (Å²) in [6.45, 7) is 3.48. The van der Waals surface area contributed by atoms with Gasteiger partial charge in [-0.05, 0) is 43.2 Å². The molecular formula is C19H30ClFN6O3. The maximum atomic E-state index is 14.8. The Morgan fingerprint density at radius 1 is 1.30 bits per heavy atom. The first-order valence-electron chi connectivity index (χ1n) is 10.1. The van der Waals surface area contributed by atoms with Gasteiger partial charge in [0, 0.05) is 6.04 Å². The van der Waals surface area contributed by atoms with Crippen LogP contribution < -0.4 is 21.9 Å². The lowest BCUT2D eigenvalue weighted by atomic mass is 9.92. The predicted molar refractivity (Wildman–Crippen MR) is 111 cm³/mol. The standard InChI is InChI=1S/C19H30ClFN6O3/c1-12(23-15-7-4-8-15)16(21)17(24-19(20)22)25-26-18(29)14(10-27(30)11-28)9-13-5-2-3-6-13/h11,13-15,23,25,30H,1-10H2,(H2,22,24)(H,26,29)/b17-16-/t14-/m1/s1. The number of hydrogen-bond donors (Lipinski definition) is 5. The van der Waals surface area contributed by atoms with Crippen molar-refractivity contribution in [1.82, 2.24) is 21.2 Å². The number of halogens is 2. The fraction of sp³-hybridized carbons (Fsp3) is 0.632. The molecule has 2 saturated carbocycles. The molecule has 1 atom stereocenters. The second kappa shape index (κ2) is 11.8. The first kappa shape index (κ1) is 23.9. The first-order chi connectivity index (χ1) is 14.3. The van der Waals surface area contributed by atoms with Gasteiger partial charge in [0.15, 0.2) is 16.9 Å². The van der Waals surface area contributed by atoms with E-state index in [1.165, 1.54) is 0 Å². The molecule has 0 aromatic rings. The van der Waals surface area contributed by atoms with Crippen molar-refractivity contribution in [2.45, 2.75) is 57.4 Å². The van der Waals surface area contributed by atoms with E-state index in [2.05, 4.69) is 27.7 Å². The van der Waals surface area contributed by atoms with Crippen molar-refractivity contribution >= 4 is 29.2 Å². The third-order valence-electron chi connectivity index (χ3n) is 5.47. The highest BCUT2D eigenvalue weighted by atomic mass is 35.5. The van der Waals surface area contributed by atoms with Gasteiger partial charge < -0.3 is 11.1 Å². The van der Waals surface area contributed by atoms with Crippen LogP contribution in [0.1, 0.15) is 51.4 Å². The van der Waals surface area contributed by atoms with Gasteiger partial charge in [0.1, 0.15) is 0 Å². The van der Waals surface area contributed by atoms with Crippen LogP contribution in [0.2, 0.25) is 0 Å². The molecule has 0 bridgehead atoms. The van der Waals surface area contributed by atoms with Crippen molar-refractivity contribution in [1.29, 1.82) is 0 Å². The van der Waals surface area contributed by atoms with Crippen molar-refractivity contribution in [2.75, 3.05) is 6.54 Å². The van der Waals surface area contributed by atoms with Crippen LogP contribution in [-0.4, -0.2) is 40.5 Å². The number of amidine groups is 1. The quantitative estimate of drug-likeness (QED) is 0.0594. The molecule has 0 aromatic heterocycles. The van der Waals surface area contributed by atoms with Crippen molar-refractivity contribution in [3.8, 4) is 0 Å². The van der Waals surface area contributed by atoms with Crippen LogP contribution in [0.3, 0.4) is 0 Å². The van der Waals surface area contributed by atoms with Crippen LogP contribution >= 0.6 is 11.6 Å². The molecule has 0 saturated heterocycles. The lowest BCUT2D eigenvalue weighted by Crippen LogP contribution is -2.45. The Kier molecular flexibility index (Phi) is 9.38. The van der Waals surface area contributed by atoms with Gasteiger partial charge in [0.2, 0.25) is 12.3 Å². The zero-order valence-electron chi connectivity index (χ0n) is 16.9. The summed E-state index contributed by atoms with van der Waals surface area (Å²) >= 11 is 5.59. The number of nitrogens with one attached hydrogen (secondary N) is 3. The summed E-state index contributed by atoms with van der Waals surface area (Å²) in [6, 6.07) is 0.145. The molecule has 0 unspecified atom stereocenters. The average molecular weight is 445 g/mol. The zero-order chi connectivity index (χ0) is 22.1. The van der Waals surface area contributed by atoms with E-state index in [4.69, 9.17) is 17.3 Å². The van der Waals surface area contributed by atoms with Crippen LogP contribution in [0, 0.1) is 11.8 Å². The Morgan fingerprint density at radius 2 is 1.97 bits per heavy atom. The minimum atomic E-state index is -0.838. The Balaban J connectivity index is 2.04. The van der Waals surface area contributed by atoms with Crippen LogP contribution in [0.4, 0.5) is 4.39 Å². The highest BCUT2D eigenvalue weighted by molar-refractivity contribution is 6.64. The van der Waals surface area contributed by atoms with Gasteiger partial charge in [0.05, 0.1) is 18.2 Å². The number of rotatable bonds is 12. The van der Waals surface area contributed by atoms with Crippen LogP contribution in [0.15, 0.2) is 28.9 Å². The van der Waals surface area contributed by atoms with Gasteiger partial charge in [-0.15, -0.1) is 0 Å². The molecule has 2 rings (SSSR count). The Morgan fingerprint density at radius 3 is 2.50 bits per heavy atom. The number of hydrogen-bond acceptors (Lipinski definition) is 6. The fourth-order valence-corrected chi connectivity index (χ4v) is 3.73. The van der Waals surface area contributed by atoms with E-state index < -0.39 is 28.8 Å². The third kappa shape index (κ3) is 7.49. The van der Waals surface area contributed by atoms with Crippen molar-refractivity contribution < 1.29 is 19.2 Å². The molecule has 11 heteroatoms. The molecule has 0 aromatic carbocycles. The second-order valence-electron chi connectivity index (χ2n) is 7.77. The summed E-state index contributed by atoms with van der Waals surface area (Å²) < 4.78 is 14.8. The Bertz CT molecular complexity index is 688. The van der Waals surface area contributed by atoms with Gasteiger partial charge >= 0.3 is 0 Å². The van der Waals surface area contributed by atoms with Gasteiger partial charge in [-0.1, -0.05) is 32.3 Å². The maximum absolute atomic E-state index is 14.8. The summed E-state index contributed by atoms with van der Waals surface area (Å²) in [5.74, 6) is -2.11. The molecule has 2 amide bonds. The van der Waals surface area contributed by atoms with Crippen molar-refractivity contribution in [3.63, 3.8) is 0 Å². The van der Waals surface area contributed by atoms with Crippen molar-refractivity contribution in [2.24, 2.45) is 22.6 Å². The number of aliphatic imine (C=N–C) groups is 1. The van der Waals surface area contributed by atoms with Gasteiger partial charge in [-0.3, -0.25) is 25.6 Å². The largest absolute Gasteiger partial charge is 0.380 e. The number of hydrazine groups is 1. The SMILES string of the molecule is C=C(NC1CCC1)/C(F)=C(\N=C(N)Cl)NNC(=O)[C@H](CC1CCCC1)CN(O)C=O. The molecule has 9 nitrogen and oxygen atoms in total. The molecule has 0 heterocycles.